The summed E-state index contributed by atoms with van der Waals surface area (Å²) in [5, 5.41) is 2.76. The lowest BCUT2D eigenvalue weighted by molar-refractivity contribution is -0.133. The number of rotatable bonds is 10. The quantitative estimate of drug-likeness (QED) is 0.670. The largest absolute Gasteiger partial charge is 0.484 e. The maximum atomic E-state index is 11.9. The molecule has 0 spiro atoms. The van der Waals surface area contributed by atoms with E-state index < -0.39 is 0 Å². The van der Waals surface area contributed by atoms with Crippen LogP contribution >= 0.6 is 0 Å². The number of ether oxygens (including phenoxy) is 2. The van der Waals surface area contributed by atoms with Crippen molar-refractivity contribution >= 4 is 17.5 Å². The normalized spacial score (nSPS) is 11.7. The Morgan fingerprint density at radius 2 is 2.00 bits per heavy atom. The van der Waals surface area contributed by atoms with Crippen LogP contribution in [0.1, 0.15) is 20.3 Å². The van der Waals surface area contributed by atoms with E-state index in [1.807, 2.05) is 13.8 Å². The number of benzene rings is 1. The molecular weight excluding hydrogens is 310 g/mol. The van der Waals surface area contributed by atoms with Crippen LogP contribution in [0, 0.1) is 0 Å². The number of nitrogens with one attached hydrogen (secondary N) is 1. The Morgan fingerprint density at radius 3 is 2.58 bits per heavy atom. The molecule has 0 heterocycles. The fraction of sp³-hybridized carbons (Fsp3) is 0.529. The Bertz CT molecular complexity index is 528. The molecule has 0 aromatic heterocycles. The molecule has 0 radical (unpaired) electrons. The molecule has 0 aliphatic rings. The molecule has 2 amide bonds. The summed E-state index contributed by atoms with van der Waals surface area (Å²) in [7, 11) is 1.52. The Morgan fingerprint density at radius 1 is 1.29 bits per heavy atom. The number of carbonyl (C=O) groups is 2. The molecule has 1 unspecified atom stereocenters. The molecule has 1 rings (SSSR count). The summed E-state index contributed by atoms with van der Waals surface area (Å²) in [5.74, 6) is 0.263. The Labute approximate surface area is 143 Å². The first-order valence-electron chi connectivity index (χ1n) is 8.07. The zero-order valence-corrected chi connectivity index (χ0v) is 14.6. The molecule has 1 aromatic rings. The lowest BCUT2D eigenvalue weighted by atomic mass is 10.2. The number of carbonyl (C=O) groups excluding carboxylic acids is 2. The lowest BCUT2D eigenvalue weighted by Crippen LogP contribution is -2.34. The Balaban J connectivity index is 2.57. The number of anilines is 1. The van der Waals surface area contributed by atoms with E-state index in [-0.39, 0.29) is 37.5 Å². The molecule has 0 aliphatic carbocycles. The van der Waals surface area contributed by atoms with Gasteiger partial charge in [0.05, 0.1) is 12.5 Å². The van der Waals surface area contributed by atoms with Gasteiger partial charge in [0.1, 0.15) is 5.75 Å². The lowest BCUT2D eigenvalue weighted by Gasteiger charge is -2.18. The van der Waals surface area contributed by atoms with Gasteiger partial charge in [0.2, 0.25) is 5.91 Å². The van der Waals surface area contributed by atoms with Gasteiger partial charge in [-0.3, -0.25) is 9.59 Å². The summed E-state index contributed by atoms with van der Waals surface area (Å²) in [5.41, 5.74) is 6.10. The summed E-state index contributed by atoms with van der Waals surface area (Å²) < 4.78 is 10.6. The van der Waals surface area contributed by atoms with E-state index in [1.54, 1.807) is 29.2 Å². The first kappa shape index (κ1) is 19.9. The molecule has 24 heavy (non-hydrogen) atoms. The minimum atomic E-state index is -0.309. The molecule has 0 aliphatic heterocycles. The van der Waals surface area contributed by atoms with Crippen molar-refractivity contribution < 1.29 is 19.1 Å². The standard InChI is InChI=1S/C17H27N3O4/c1-4-20(5-2)17(22)12-24-14-8-6-7-13(9-14)19-16(21)10-15(11-18)23-3/h6-9,15H,4-5,10-12,18H2,1-3H3,(H,19,21). The molecule has 7 heteroatoms. The molecule has 1 atom stereocenters. The zero-order valence-electron chi connectivity index (χ0n) is 14.6. The van der Waals surface area contributed by atoms with E-state index >= 15 is 0 Å². The number of hydrogen-bond donors (Lipinski definition) is 2. The number of nitrogens with two attached hydrogens (primary N) is 1. The molecule has 0 bridgehead atoms. The topological polar surface area (TPSA) is 93.9 Å². The van der Waals surface area contributed by atoms with Gasteiger partial charge in [-0.2, -0.15) is 0 Å². The number of methoxy groups -OCH3 is 1. The van der Waals surface area contributed by atoms with E-state index in [2.05, 4.69) is 5.32 Å². The van der Waals surface area contributed by atoms with Crippen molar-refractivity contribution in [1.29, 1.82) is 0 Å². The summed E-state index contributed by atoms with van der Waals surface area (Å²) in [6.45, 7) is 5.39. The van der Waals surface area contributed by atoms with E-state index in [0.29, 0.717) is 24.5 Å². The van der Waals surface area contributed by atoms with Crippen LogP contribution in [0.15, 0.2) is 24.3 Å². The van der Waals surface area contributed by atoms with Crippen LogP contribution in [0.4, 0.5) is 5.69 Å². The van der Waals surface area contributed by atoms with E-state index in [4.69, 9.17) is 15.2 Å². The van der Waals surface area contributed by atoms with Crippen molar-refractivity contribution in [2.24, 2.45) is 5.73 Å². The smallest absolute Gasteiger partial charge is 0.260 e. The first-order valence-corrected chi connectivity index (χ1v) is 8.07. The summed E-state index contributed by atoms with van der Waals surface area (Å²) >= 11 is 0. The van der Waals surface area contributed by atoms with Crippen molar-refractivity contribution in [2.75, 3.05) is 38.7 Å². The van der Waals surface area contributed by atoms with Gasteiger partial charge < -0.3 is 25.4 Å². The minimum Gasteiger partial charge on any atom is -0.484 e. The molecular formula is C17H27N3O4. The van der Waals surface area contributed by atoms with Gasteiger partial charge in [-0.15, -0.1) is 0 Å². The van der Waals surface area contributed by atoms with E-state index in [1.165, 1.54) is 7.11 Å². The van der Waals surface area contributed by atoms with E-state index in [9.17, 15) is 9.59 Å². The molecule has 7 nitrogen and oxygen atoms in total. The van der Waals surface area contributed by atoms with Gasteiger partial charge >= 0.3 is 0 Å². The van der Waals surface area contributed by atoms with Gasteiger partial charge in [-0.25, -0.2) is 0 Å². The molecule has 134 valence electrons. The van der Waals surface area contributed by atoms with Crippen LogP contribution in [-0.2, 0) is 14.3 Å². The second kappa shape index (κ2) is 10.6. The zero-order chi connectivity index (χ0) is 17.9. The third-order valence-electron chi connectivity index (χ3n) is 3.61. The van der Waals surface area contributed by atoms with Crippen LogP contribution in [0.25, 0.3) is 0 Å². The molecule has 1 aromatic carbocycles. The maximum absolute atomic E-state index is 11.9. The SMILES string of the molecule is CCN(CC)C(=O)COc1cccc(NC(=O)CC(CN)OC)c1. The third-order valence-corrected chi connectivity index (χ3v) is 3.61. The van der Waals surface area contributed by atoms with Crippen molar-refractivity contribution in [3.8, 4) is 5.75 Å². The molecule has 3 N–H and O–H groups in total. The average Bonchev–Trinajstić information content (AvgIpc) is 2.59. The van der Waals surface area contributed by atoms with E-state index in [0.717, 1.165) is 0 Å². The highest BCUT2D eigenvalue weighted by Crippen LogP contribution is 2.18. The summed E-state index contributed by atoms with van der Waals surface area (Å²) in [6, 6.07) is 6.92. The third kappa shape index (κ3) is 6.55. The van der Waals surface area contributed by atoms with Gasteiger partial charge in [0, 0.05) is 38.5 Å². The number of likely N-dealkylation sites (N-methyl/N-ethyl adjacent to an activating group) is 1. The number of hydrogen-bond acceptors (Lipinski definition) is 5. The fourth-order valence-electron chi connectivity index (χ4n) is 2.16. The number of nitrogens with zero attached hydrogens (tertiary/aromatic N) is 1. The second-order valence-corrected chi connectivity index (χ2v) is 5.23. The van der Waals surface area contributed by atoms with Gasteiger partial charge in [-0.1, -0.05) is 6.07 Å². The minimum absolute atomic E-state index is 0.0298. The highest BCUT2D eigenvalue weighted by molar-refractivity contribution is 5.91. The predicted molar refractivity (Wildman–Crippen MR) is 93.0 cm³/mol. The summed E-state index contributed by atoms with van der Waals surface area (Å²) in [6.07, 6.45) is -0.130. The first-order chi connectivity index (χ1) is 11.5. The maximum Gasteiger partial charge on any atom is 0.260 e. The Kier molecular flexibility index (Phi) is 8.81. The van der Waals surface area contributed by atoms with Crippen LogP contribution in [-0.4, -0.2) is 56.2 Å². The highest BCUT2D eigenvalue weighted by Gasteiger charge is 2.13. The van der Waals surface area contributed by atoms with Crippen LogP contribution in [0.3, 0.4) is 0 Å². The van der Waals surface area contributed by atoms with Crippen molar-refractivity contribution in [3.05, 3.63) is 24.3 Å². The Hall–Kier alpha value is -2.12. The number of amides is 2. The van der Waals surface area contributed by atoms with Crippen molar-refractivity contribution in [1.82, 2.24) is 4.90 Å². The van der Waals surface area contributed by atoms with Gasteiger partial charge in [0.25, 0.3) is 5.91 Å². The second-order valence-electron chi connectivity index (χ2n) is 5.23. The van der Waals surface area contributed by atoms with Crippen LogP contribution < -0.4 is 15.8 Å². The highest BCUT2D eigenvalue weighted by atomic mass is 16.5. The van der Waals surface area contributed by atoms with Gasteiger partial charge in [0.15, 0.2) is 6.61 Å². The van der Waals surface area contributed by atoms with Crippen molar-refractivity contribution in [3.63, 3.8) is 0 Å². The van der Waals surface area contributed by atoms with Crippen LogP contribution in [0.2, 0.25) is 0 Å². The van der Waals surface area contributed by atoms with Crippen molar-refractivity contribution in [2.45, 2.75) is 26.4 Å². The molecule has 0 saturated carbocycles. The summed E-state index contributed by atoms with van der Waals surface area (Å²) in [4.78, 5) is 25.6. The molecule has 0 saturated heterocycles. The van der Waals surface area contributed by atoms with Crippen LogP contribution in [0.5, 0.6) is 5.75 Å². The van der Waals surface area contributed by atoms with Gasteiger partial charge in [-0.05, 0) is 26.0 Å². The predicted octanol–water partition coefficient (Wildman–Crippen LogP) is 1.24. The average molecular weight is 337 g/mol. The molecule has 0 fully saturated rings. The fourth-order valence-corrected chi connectivity index (χ4v) is 2.16. The monoisotopic (exact) mass is 337 g/mol.